The summed E-state index contributed by atoms with van der Waals surface area (Å²) in [4.78, 5) is 16.8. The zero-order valence-corrected chi connectivity index (χ0v) is 15.9. The van der Waals surface area contributed by atoms with Crippen molar-refractivity contribution in [1.82, 2.24) is 4.98 Å². The van der Waals surface area contributed by atoms with Crippen molar-refractivity contribution in [2.24, 2.45) is 0 Å². The van der Waals surface area contributed by atoms with Gasteiger partial charge >= 0.3 is 0 Å². The Balaban J connectivity index is 1.73. The Morgan fingerprint density at radius 1 is 1.11 bits per heavy atom. The number of carbonyl (C=O) groups excluding carboxylic acids is 1. The number of hydrogen-bond acceptors (Lipinski definition) is 6. The lowest BCUT2D eigenvalue weighted by atomic mass is 10.1. The van der Waals surface area contributed by atoms with Crippen molar-refractivity contribution < 1.29 is 19.0 Å². The van der Waals surface area contributed by atoms with Crippen LogP contribution in [0.4, 0.5) is 5.69 Å². The summed E-state index contributed by atoms with van der Waals surface area (Å²) in [5, 5.41) is 4.79. The predicted octanol–water partition coefficient (Wildman–Crippen LogP) is 4.38. The second-order valence-electron chi connectivity index (χ2n) is 5.52. The summed E-state index contributed by atoms with van der Waals surface area (Å²) in [5.41, 5.74) is 3.67. The Morgan fingerprint density at radius 3 is 2.70 bits per heavy atom. The maximum Gasteiger partial charge on any atom is 0.255 e. The average Bonchev–Trinajstić information content (AvgIpc) is 3.21. The minimum atomic E-state index is -0.258. The topological polar surface area (TPSA) is 69.7 Å². The lowest BCUT2D eigenvalue weighted by molar-refractivity contribution is 0.102. The molecule has 0 aliphatic heterocycles. The van der Waals surface area contributed by atoms with Crippen molar-refractivity contribution >= 4 is 22.9 Å². The number of nitrogens with one attached hydrogen (secondary N) is 1. The highest BCUT2D eigenvalue weighted by Crippen LogP contribution is 2.30. The summed E-state index contributed by atoms with van der Waals surface area (Å²) in [7, 11) is 1.54. The van der Waals surface area contributed by atoms with Crippen molar-refractivity contribution in [2.45, 2.75) is 13.5 Å². The normalized spacial score (nSPS) is 10.3. The number of hydrogen-bond donors (Lipinski definition) is 1. The summed E-state index contributed by atoms with van der Waals surface area (Å²) in [6.07, 6.45) is 0. The summed E-state index contributed by atoms with van der Waals surface area (Å²) in [6.45, 7) is 2.76. The average molecular weight is 384 g/mol. The number of anilines is 1. The molecule has 0 saturated heterocycles. The first kappa shape index (κ1) is 18.7. The Hall–Kier alpha value is -3.06. The summed E-state index contributed by atoms with van der Waals surface area (Å²) in [5.74, 6) is 1.41. The third kappa shape index (κ3) is 4.77. The fourth-order valence-electron chi connectivity index (χ4n) is 2.43. The van der Waals surface area contributed by atoms with Gasteiger partial charge in [0.2, 0.25) is 0 Å². The lowest BCUT2D eigenvalue weighted by Gasteiger charge is -2.13. The number of thiazole rings is 1. The number of amides is 1. The molecular formula is C20H20N2O4S. The molecule has 7 heteroatoms. The molecule has 0 aliphatic rings. The van der Waals surface area contributed by atoms with Gasteiger partial charge in [0.15, 0.2) is 11.5 Å². The first-order chi connectivity index (χ1) is 13.2. The third-order valence-electron chi connectivity index (χ3n) is 3.72. The zero-order chi connectivity index (χ0) is 19.1. The molecule has 1 aromatic heterocycles. The number of para-hydroxylation sites is 2. The van der Waals surface area contributed by atoms with Gasteiger partial charge in [-0.25, -0.2) is 4.98 Å². The highest BCUT2D eigenvalue weighted by atomic mass is 32.1. The van der Waals surface area contributed by atoms with E-state index in [2.05, 4.69) is 10.3 Å². The molecular weight excluding hydrogens is 364 g/mol. The van der Waals surface area contributed by atoms with Crippen LogP contribution in [0.5, 0.6) is 17.2 Å². The second kappa shape index (κ2) is 9.05. The number of carbonyl (C=O) groups is 1. The minimum Gasteiger partial charge on any atom is -0.493 e. The summed E-state index contributed by atoms with van der Waals surface area (Å²) in [6, 6.07) is 12.4. The molecule has 3 rings (SSSR count). The summed E-state index contributed by atoms with van der Waals surface area (Å²) < 4.78 is 16.7. The molecule has 3 aromatic rings. The van der Waals surface area contributed by atoms with E-state index in [-0.39, 0.29) is 5.91 Å². The standard InChI is InChI=1S/C20H20N2O4S/c1-3-25-17-7-5-4-6-16(17)22-20(23)14-8-9-18(19(10-14)24-2)26-11-15-12-27-13-21-15/h4-10,12-13H,3,11H2,1-2H3,(H,22,23). The Bertz CT molecular complexity index is 897. The maximum absolute atomic E-state index is 12.6. The van der Waals surface area contributed by atoms with Gasteiger partial charge in [-0.15, -0.1) is 11.3 Å². The van der Waals surface area contributed by atoms with E-state index < -0.39 is 0 Å². The third-order valence-corrected chi connectivity index (χ3v) is 4.36. The van der Waals surface area contributed by atoms with Crippen LogP contribution in [0, 0.1) is 0 Å². The van der Waals surface area contributed by atoms with Crippen LogP contribution >= 0.6 is 11.3 Å². The van der Waals surface area contributed by atoms with Gasteiger partial charge in [-0.2, -0.15) is 0 Å². The van der Waals surface area contributed by atoms with Crippen molar-refractivity contribution in [2.75, 3.05) is 19.0 Å². The van der Waals surface area contributed by atoms with Gasteiger partial charge in [0.1, 0.15) is 12.4 Å². The Kier molecular flexibility index (Phi) is 6.27. The minimum absolute atomic E-state index is 0.258. The molecule has 6 nitrogen and oxygen atoms in total. The molecule has 0 bridgehead atoms. The van der Waals surface area contributed by atoms with Crippen LogP contribution in [0.1, 0.15) is 23.0 Å². The number of rotatable bonds is 8. The number of aromatic nitrogens is 1. The molecule has 1 amide bonds. The second-order valence-corrected chi connectivity index (χ2v) is 6.24. The number of methoxy groups -OCH3 is 1. The van der Waals surface area contributed by atoms with Crippen molar-refractivity contribution in [1.29, 1.82) is 0 Å². The smallest absolute Gasteiger partial charge is 0.255 e. The van der Waals surface area contributed by atoms with Gasteiger partial charge in [0, 0.05) is 10.9 Å². The van der Waals surface area contributed by atoms with Crippen molar-refractivity contribution in [3.8, 4) is 17.2 Å². The van der Waals surface area contributed by atoms with Gasteiger partial charge in [-0.3, -0.25) is 4.79 Å². The van der Waals surface area contributed by atoms with Crippen LogP contribution in [-0.4, -0.2) is 24.6 Å². The Morgan fingerprint density at radius 2 is 1.96 bits per heavy atom. The summed E-state index contributed by atoms with van der Waals surface area (Å²) >= 11 is 1.51. The Labute approximate surface area is 161 Å². The van der Waals surface area contributed by atoms with E-state index in [9.17, 15) is 4.79 Å². The first-order valence-corrected chi connectivity index (χ1v) is 9.36. The van der Waals surface area contributed by atoms with Crippen molar-refractivity contribution in [3.05, 3.63) is 64.6 Å². The maximum atomic E-state index is 12.6. The van der Waals surface area contributed by atoms with Gasteiger partial charge in [0.25, 0.3) is 5.91 Å². The molecule has 1 N–H and O–H groups in total. The fraction of sp³-hybridized carbons (Fsp3) is 0.200. The molecule has 1 heterocycles. The number of nitrogens with zero attached hydrogens (tertiary/aromatic N) is 1. The van der Waals surface area contributed by atoms with E-state index in [1.807, 2.05) is 30.5 Å². The lowest BCUT2D eigenvalue weighted by Crippen LogP contribution is -2.13. The molecule has 0 unspecified atom stereocenters. The fourth-order valence-corrected chi connectivity index (χ4v) is 2.98. The molecule has 0 spiro atoms. The monoisotopic (exact) mass is 384 g/mol. The first-order valence-electron chi connectivity index (χ1n) is 8.42. The molecule has 2 aromatic carbocycles. The quantitative estimate of drug-likeness (QED) is 0.624. The number of ether oxygens (including phenoxy) is 3. The van der Waals surface area contributed by atoms with E-state index in [4.69, 9.17) is 14.2 Å². The van der Waals surface area contributed by atoms with E-state index in [1.165, 1.54) is 18.4 Å². The largest absolute Gasteiger partial charge is 0.493 e. The van der Waals surface area contributed by atoms with Crippen molar-refractivity contribution in [3.63, 3.8) is 0 Å². The molecule has 0 saturated carbocycles. The molecule has 0 fully saturated rings. The van der Waals surface area contributed by atoms with Gasteiger partial charge in [-0.1, -0.05) is 12.1 Å². The molecule has 0 atom stereocenters. The van der Waals surface area contributed by atoms with Gasteiger partial charge in [0.05, 0.1) is 30.6 Å². The van der Waals surface area contributed by atoms with E-state index in [0.717, 1.165) is 5.69 Å². The highest BCUT2D eigenvalue weighted by molar-refractivity contribution is 7.07. The van der Waals surface area contributed by atoms with E-state index in [1.54, 1.807) is 29.8 Å². The predicted molar refractivity (Wildman–Crippen MR) is 105 cm³/mol. The highest BCUT2D eigenvalue weighted by Gasteiger charge is 2.13. The molecule has 0 aliphatic carbocycles. The zero-order valence-electron chi connectivity index (χ0n) is 15.1. The molecule has 140 valence electrons. The van der Waals surface area contributed by atoms with Gasteiger partial charge < -0.3 is 19.5 Å². The van der Waals surface area contributed by atoms with Gasteiger partial charge in [-0.05, 0) is 37.3 Å². The molecule has 0 radical (unpaired) electrons. The van der Waals surface area contributed by atoms with E-state index >= 15 is 0 Å². The van der Waals surface area contributed by atoms with Crippen LogP contribution in [0.15, 0.2) is 53.4 Å². The molecule has 27 heavy (non-hydrogen) atoms. The van der Waals surface area contributed by atoms with E-state index in [0.29, 0.717) is 41.7 Å². The van der Waals surface area contributed by atoms with Crippen LogP contribution < -0.4 is 19.5 Å². The van der Waals surface area contributed by atoms with Crippen LogP contribution in [-0.2, 0) is 6.61 Å². The number of benzene rings is 2. The van der Waals surface area contributed by atoms with Crippen LogP contribution in [0.25, 0.3) is 0 Å². The SMILES string of the molecule is CCOc1ccccc1NC(=O)c1ccc(OCc2cscn2)c(OC)c1. The van der Waals surface area contributed by atoms with Crippen LogP contribution in [0.3, 0.4) is 0 Å². The van der Waals surface area contributed by atoms with Crippen LogP contribution in [0.2, 0.25) is 0 Å².